The topological polar surface area (TPSA) is 53.4 Å². The van der Waals surface area contributed by atoms with E-state index < -0.39 is 25.1 Å². The molecule has 3 nitrogen and oxygen atoms in total. The van der Waals surface area contributed by atoms with E-state index in [-0.39, 0.29) is 11.1 Å². The first kappa shape index (κ1) is 10.9. The summed E-state index contributed by atoms with van der Waals surface area (Å²) < 4.78 is 36.4. The number of alkyl halides is 3. The van der Waals surface area contributed by atoms with Gasteiger partial charge < -0.3 is 10.2 Å². The molecule has 0 spiro atoms. The molecule has 0 aliphatic heterocycles. The lowest BCUT2D eigenvalue weighted by Crippen LogP contribution is -2.10. The predicted octanol–water partition coefficient (Wildman–Crippen LogP) is 1.08. The molecule has 0 saturated carbocycles. The van der Waals surface area contributed by atoms with Gasteiger partial charge in [0, 0.05) is 11.8 Å². The summed E-state index contributed by atoms with van der Waals surface area (Å²) in [5, 5.41) is 17.4. The maximum Gasteiger partial charge on any atom is 0.433 e. The van der Waals surface area contributed by atoms with Gasteiger partial charge >= 0.3 is 6.18 Å². The van der Waals surface area contributed by atoms with Crippen LogP contribution in [0.1, 0.15) is 16.8 Å². The van der Waals surface area contributed by atoms with Crippen LogP contribution in [0.2, 0.25) is 0 Å². The molecular formula is C8H8F3NO2. The van der Waals surface area contributed by atoms with Gasteiger partial charge in [-0.1, -0.05) is 0 Å². The van der Waals surface area contributed by atoms with E-state index in [9.17, 15) is 13.2 Å². The van der Waals surface area contributed by atoms with Crippen LogP contribution in [0.4, 0.5) is 13.2 Å². The molecule has 0 saturated heterocycles. The molecule has 78 valence electrons. The second-order valence-corrected chi connectivity index (χ2v) is 2.65. The van der Waals surface area contributed by atoms with Gasteiger partial charge in [0.2, 0.25) is 0 Å². The molecule has 0 aromatic carbocycles. The zero-order chi connectivity index (χ0) is 10.8. The first-order valence-corrected chi connectivity index (χ1v) is 3.75. The number of hydrogen-bond acceptors (Lipinski definition) is 3. The Hall–Kier alpha value is -1.14. The van der Waals surface area contributed by atoms with Crippen molar-refractivity contribution in [1.29, 1.82) is 0 Å². The highest BCUT2D eigenvalue weighted by atomic mass is 19.4. The van der Waals surface area contributed by atoms with Crippen LogP contribution in [0.3, 0.4) is 0 Å². The molecule has 1 aromatic rings. The molecule has 0 fully saturated rings. The third kappa shape index (κ3) is 2.21. The van der Waals surface area contributed by atoms with Gasteiger partial charge in [0.1, 0.15) is 5.69 Å². The highest BCUT2D eigenvalue weighted by Crippen LogP contribution is 2.28. The number of hydrogen-bond donors (Lipinski definition) is 2. The lowest BCUT2D eigenvalue weighted by Gasteiger charge is -2.09. The predicted molar refractivity (Wildman–Crippen MR) is 41.1 cm³/mol. The Kier molecular flexibility index (Phi) is 3.07. The second kappa shape index (κ2) is 3.93. The number of aliphatic hydroxyl groups is 2. The monoisotopic (exact) mass is 207 g/mol. The van der Waals surface area contributed by atoms with Gasteiger partial charge in [-0.2, -0.15) is 13.2 Å². The van der Waals surface area contributed by atoms with Gasteiger partial charge in [0.05, 0.1) is 13.2 Å². The SMILES string of the molecule is OCc1cnc(C(F)(F)F)cc1CO. The maximum absolute atomic E-state index is 12.1. The highest BCUT2D eigenvalue weighted by Gasteiger charge is 2.32. The van der Waals surface area contributed by atoms with Crippen LogP contribution in [-0.2, 0) is 19.4 Å². The third-order valence-electron chi connectivity index (χ3n) is 1.71. The summed E-state index contributed by atoms with van der Waals surface area (Å²) in [6.45, 7) is -0.997. The van der Waals surface area contributed by atoms with Crippen molar-refractivity contribution in [2.75, 3.05) is 0 Å². The van der Waals surface area contributed by atoms with Gasteiger partial charge in [0.25, 0.3) is 0 Å². The van der Waals surface area contributed by atoms with E-state index in [1.165, 1.54) is 0 Å². The first-order valence-electron chi connectivity index (χ1n) is 3.75. The van der Waals surface area contributed by atoms with Crippen LogP contribution in [0.15, 0.2) is 12.3 Å². The van der Waals surface area contributed by atoms with Gasteiger partial charge in [-0.3, -0.25) is 4.98 Å². The first-order chi connectivity index (χ1) is 6.49. The normalized spacial score (nSPS) is 11.8. The van der Waals surface area contributed by atoms with Crippen molar-refractivity contribution in [1.82, 2.24) is 4.98 Å². The van der Waals surface area contributed by atoms with Crippen molar-refractivity contribution in [2.24, 2.45) is 0 Å². The van der Waals surface area contributed by atoms with Gasteiger partial charge in [-0.25, -0.2) is 0 Å². The van der Waals surface area contributed by atoms with E-state index in [1.54, 1.807) is 0 Å². The lowest BCUT2D eigenvalue weighted by molar-refractivity contribution is -0.141. The van der Waals surface area contributed by atoms with Crippen LogP contribution in [0.5, 0.6) is 0 Å². The largest absolute Gasteiger partial charge is 0.433 e. The van der Waals surface area contributed by atoms with Crippen molar-refractivity contribution in [3.05, 3.63) is 29.1 Å². The van der Waals surface area contributed by atoms with Gasteiger partial charge in [0.15, 0.2) is 0 Å². The van der Waals surface area contributed by atoms with Crippen molar-refractivity contribution in [2.45, 2.75) is 19.4 Å². The molecule has 14 heavy (non-hydrogen) atoms. The Labute approximate surface area is 77.8 Å². The Balaban J connectivity index is 3.14. The summed E-state index contributed by atoms with van der Waals surface area (Å²) >= 11 is 0. The summed E-state index contributed by atoms with van der Waals surface area (Å²) in [7, 11) is 0. The fourth-order valence-corrected chi connectivity index (χ4v) is 0.970. The molecule has 6 heteroatoms. The highest BCUT2D eigenvalue weighted by molar-refractivity contribution is 5.26. The standard InChI is InChI=1S/C8H8F3NO2/c9-8(10,11)7-1-5(3-13)6(4-14)2-12-7/h1-2,13-14H,3-4H2. The second-order valence-electron chi connectivity index (χ2n) is 2.65. The van der Waals surface area contributed by atoms with Crippen molar-refractivity contribution in [3.8, 4) is 0 Å². The Morgan fingerprint density at radius 1 is 1.14 bits per heavy atom. The summed E-state index contributed by atoms with van der Waals surface area (Å²) in [5.41, 5.74) is -0.839. The average molecular weight is 207 g/mol. The zero-order valence-corrected chi connectivity index (χ0v) is 7.04. The van der Waals surface area contributed by atoms with E-state index in [0.29, 0.717) is 0 Å². The molecule has 1 aromatic heterocycles. The summed E-state index contributed by atoms with van der Waals surface area (Å²) in [6, 6.07) is 0.728. The van der Waals surface area contributed by atoms with Crippen LogP contribution in [0.25, 0.3) is 0 Å². The number of nitrogens with zero attached hydrogens (tertiary/aromatic N) is 1. The fraction of sp³-hybridized carbons (Fsp3) is 0.375. The third-order valence-corrected chi connectivity index (χ3v) is 1.71. The Morgan fingerprint density at radius 3 is 2.14 bits per heavy atom. The van der Waals surface area contributed by atoms with Gasteiger partial charge in [-0.05, 0) is 11.6 Å². The molecule has 1 heterocycles. The molecule has 0 bridgehead atoms. The molecule has 1 rings (SSSR count). The lowest BCUT2D eigenvalue weighted by atomic mass is 10.1. The average Bonchev–Trinajstić information content (AvgIpc) is 2.15. The molecule has 0 aliphatic rings. The van der Waals surface area contributed by atoms with E-state index in [2.05, 4.69) is 4.98 Å². The Bertz CT molecular complexity index is 325. The zero-order valence-electron chi connectivity index (χ0n) is 7.04. The number of rotatable bonds is 2. The van der Waals surface area contributed by atoms with E-state index in [0.717, 1.165) is 12.3 Å². The number of halogens is 3. The molecule has 0 radical (unpaired) electrons. The maximum atomic E-state index is 12.1. The molecule has 0 unspecified atom stereocenters. The molecule has 0 atom stereocenters. The summed E-state index contributed by atoms with van der Waals surface area (Å²) in [6.07, 6.45) is -3.62. The fourth-order valence-electron chi connectivity index (χ4n) is 0.970. The van der Waals surface area contributed by atoms with Crippen LogP contribution in [-0.4, -0.2) is 15.2 Å². The number of aromatic nitrogens is 1. The van der Waals surface area contributed by atoms with Crippen molar-refractivity contribution >= 4 is 0 Å². The van der Waals surface area contributed by atoms with Crippen LogP contribution < -0.4 is 0 Å². The summed E-state index contributed by atoms with van der Waals surface area (Å²) in [4.78, 5) is 3.13. The quantitative estimate of drug-likeness (QED) is 0.763. The van der Waals surface area contributed by atoms with E-state index in [1.807, 2.05) is 0 Å². The van der Waals surface area contributed by atoms with E-state index in [4.69, 9.17) is 10.2 Å². The minimum atomic E-state index is -4.53. The smallest absolute Gasteiger partial charge is 0.392 e. The Morgan fingerprint density at radius 2 is 1.71 bits per heavy atom. The van der Waals surface area contributed by atoms with Crippen LogP contribution in [0, 0.1) is 0 Å². The molecule has 2 N–H and O–H groups in total. The van der Waals surface area contributed by atoms with Gasteiger partial charge in [-0.15, -0.1) is 0 Å². The number of aliphatic hydroxyl groups excluding tert-OH is 2. The molecular weight excluding hydrogens is 199 g/mol. The minimum absolute atomic E-state index is 0.0369. The number of pyridine rings is 1. The van der Waals surface area contributed by atoms with Crippen LogP contribution >= 0.6 is 0 Å². The van der Waals surface area contributed by atoms with E-state index >= 15 is 0 Å². The molecule has 0 amide bonds. The van der Waals surface area contributed by atoms with Crippen molar-refractivity contribution < 1.29 is 23.4 Å². The minimum Gasteiger partial charge on any atom is -0.392 e. The summed E-state index contributed by atoms with van der Waals surface area (Å²) in [5.74, 6) is 0. The van der Waals surface area contributed by atoms with Crippen molar-refractivity contribution in [3.63, 3.8) is 0 Å². The molecule has 0 aliphatic carbocycles.